The Morgan fingerprint density at radius 3 is 2.63 bits per heavy atom. The van der Waals surface area contributed by atoms with E-state index < -0.39 is 0 Å². The normalized spacial score (nSPS) is 14.1. The number of benzene rings is 1. The van der Waals surface area contributed by atoms with E-state index in [1.54, 1.807) is 34.9 Å². The first-order valence-corrected chi connectivity index (χ1v) is 9.13. The lowest BCUT2D eigenvalue weighted by molar-refractivity contribution is -0.138. The molecule has 0 aliphatic carbocycles. The predicted octanol–water partition coefficient (Wildman–Crippen LogP) is 2.25. The fraction of sp³-hybridized carbons (Fsp3) is 0.368. The summed E-state index contributed by atoms with van der Waals surface area (Å²) < 4.78 is 0. The van der Waals surface area contributed by atoms with Crippen LogP contribution in [0.3, 0.4) is 0 Å². The van der Waals surface area contributed by atoms with Gasteiger partial charge in [0.05, 0.1) is 16.8 Å². The van der Waals surface area contributed by atoms with E-state index in [1.807, 2.05) is 0 Å². The van der Waals surface area contributed by atoms with Crippen LogP contribution in [0, 0.1) is 11.3 Å². The molecule has 1 fully saturated rings. The minimum absolute atomic E-state index is 0.0283. The number of pyridine rings is 1. The number of hydrogen-bond donors (Lipinski definition) is 1. The SMILES string of the molecule is CC(=O)N1CCN(C(=O)CCNc2c(C#N)cnc3ccc(Cl)cc23)CC1. The van der Waals surface area contributed by atoms with Gasteiger partial charge in [-0.1, -0.05) is 11.6 Å². The number of fused-ring (bicyclic) bond motifs is 1. The molecule has 8 heteroatoms. The van der Waals surface area contributed by atoms with Crippen LogP contribution in [0.25, 0.3) is 10.9 Å². The molecule has 0 spiro atoms. The topological polar surface area (TPSA) is 89.3 Å². The van der Waals surface area contributed by atoms with Gasteiger partial charge < -0.3 is 15.1 Å². The number of anilines is 1. The molecule has 0 bridgehead atoms. The Labute approximate surface area is 162 Å². The molecule has 7 nitrogen and oxygen atoms in total. The van der Waals surface area contributed by atoms with Crippen molar-refractivity contribution in [3.63, 3.8) is 0 Å². The highest BCUT2D eigenvalue weighted by molar-refractivity contribution is 6.31. The third-order valence-electron chi connectivity index (χ3n) is 4.67. The average Bonchev–Trinajstić information content (AvgIpc) is 2.68. The van der Waals surface area contributed by atoms with E-state index in [1.165, 1.54) is 6.20 Å². The summed E-state index contributed by atoms with van der Waals surface area (Å²) in [6.45, 7) is 4.18. The van der Waals surface area contributed by atoms with E-state index >= 15 is 0 Å². The lowest BCUT2D eigenvalue weighted by atomic mass is 10.1. The number of aromatic nitrogens is 1. The van der Waals surface area contributed by atoms with Crippen molar-refractivity contribution in [2.24, 2.45) is 0 Å². The number of nitrogens with one attached hydrogen (secondary N) is 1. The van der Waals surface area contributed by atoms with Crippen LogP contribution in [-0.4, -0.2) is 59.3 Å². The molecule has 27 heavy (non-hydrogen) atoms. The molecule has 140 valence electrons. The van der Waals surface area contributed by atoms with Crippen molar-refractivity contribution in [3.8, 4) is 6.07 Å². The Hall–Kier alpha value is -2.85. The standard InChI is InChI=1S/C19H20ClN5O2/c1-13(26)24-6-8-25(9-7-24)18(27)4-5-22-19-14(11-21)12-23-17-3-2-15(20)10-16(17)19/h2-3,10,12H,4-9H2,1H3,(H,22,23). The zero-order chi connectivity index (χ0) is 19.4. The maximum atomic E-state index is 12.4. The fourth-order valence-electron chi connectivity index (χ4n) is 3.16. The van der Waals surface area contributed by atoms with Gasteiger partial charge in [-0.25, -0.2) is 0 Å². The van der Waals surface area contributed by atoms with Crippen LogP contribution < -0.4 is 5.32 Å². The number of amides is 2. The molecule has 2 heterocycles. The smallest absolute Gasteiger partial charge is 0.224 e. The summed E-state index contributed by atoms with van der Waals surface area (Å²) in [4.78, 5) is 31.6. The lowest BCUT2D eigenvalue weighted by Crippen LogP contribution is -2.50. The molecular formula is C19H20ClN5O2. The molecule has 1 aromatic carbocycles. The van der Waals surface area contributed by atoms with Crippen molar-refractivity contribution in [1.29, 1.82) is 5.26 Å². The lowest BCUT2D eigenvalue weighted by Gasteiger charge is -2.34. The Bertz CT molecular complexity index is 916. The second-order valence-corrected chi connectivity index (χ2v) is 6.82. The number of rotatable bonds is 4. The molecule has 1 N–H and O–H groups in total. The van der Waals surface area contributed by atoms with E-state index in [0.717, 1.165) is 10.9 Å². The quantitative estimate of drug-likeness (QED) is 0.871. The minimum atomic E-state index is 0.0283. The summed E-state index contributed by atoms with van der Waals surface area (Å²) >= 11 is 6.08. The summed E-state index contributed by atoms with van der Waals surface area (Å²) in [7, 11) is 0. The van der Waals surface area contributed by atoms with E-state index in [9.17, 15) is 14.9 Å². The highest BCUT2D eigenvalue weighted by Gasteiger charge is 2.22. The first-order chi connectivity index (χ1) is 13.0. The monoisotopic (exact) mass is 385 g/mol. The zero-order valence-corrected chi connectivity index (χ0v) is 15.8. The van der Waals surface area contributed by atoms with Gasteiger partial charge in [0, 0.05) is 62.7 Å². The third-order valence-corrected chi connectivity index (χ3v) is 4.90. The van der Waals surface area contributed by atoms with Gasteiger partial charge in [-0.2, -0.15) is 5.26 Å². The predicted molar refractivity (Wildman–Crippen MR) is 103 cm³/mol. The van der Waals surface area contributed by atoms with Gasteiger partial charge in [-0.15, -0.1) is 0 Å². The maximum Gasteiger partial charge on any atom is 0.224 e. The highest BCUT2D eigenvalue weighted by atomic mass is 35.5. The van der Waals surface area contributed by atoms with Crippen LogP contribution in [0.15, 0.2) is 24.4 Å². The molecule has 3 rings (SSSR count). The Kier molecular flexibility index (Phi) is 5.77. The molecule has 1 aromatic heterocycles. The number of nitrogens with zero attached hydrogens (tertiary/aromatic N) is 4. The van der Waals surface area contributed by atoms with Gasteiger partial charge in [-0.05, 0) is 18.2 Å². The molecule has 1 saturated heterocycles. The van der Waals surface area contributed by atoms with Gasteiger partial charge >= 0.3 is 0 Å². The van der Waals surface area contributed by atoms with Gasteiger partial charge in [0.2, 0.25) is 11.8 Å². The van der Waals surface area contributed by atoms with Crippen LogP contribution in [-0.2, 0) is 9.59 Å². The van der Waals surface area contributed by atoms with Crippen molar-refractivity contribution in [2.45, 2.75) is 13.3 Å². The molecule has 2 amide bonds. The molecule has 0 saturated carbocycles. The first kappa shape index (κ1) is 18.9. The van der Waals surface area contributed by atoms with Crippen LogP contribution >= 0.6 is 11.6 Å². The zero-order valence-electron chi connectivity index (χ0n) is 15.0. The second kappa shape index (κ2) is 8.23. The molecule has 0 atom stereocenters. The van der Waals surface area contributed by atoms with Crippen molar-refractivity contribution >= 4 is 40.0 Å². The molecule has 0 unspecified atom stereocenters. The number of carbonyl (C=O) groups is 2. The number of nitriles is 1. The van der Waals surface area contributed by atoms with Crippen molar-refractivity contribution in [2.75, 3.05) is 38.0 Å². The first-order valence-electron chi connectivity index (χ1n) is 8.75. The van der Waals surface area contributed by atoms with Crippen molar-refractivity contribution < 1.29 is 9.59 Å². The number of piperazine rings is 1. The van der Waals surface area contributed by atoms with Crippen LogP contribution in [0.4, 0.5) is 5.69 Å². The van der Waals surface area contributed by atoms with E-state index in [2.05, 4.69) is 16.4 Å². The maximum absolute atomic E-state index is 12.4. The minimum Gasteiger partial charge on any atom is -0.383 e. The van der Waals surface area contributed by atoms with Gasteiger partial charge in [0.15, 0.2) is 0 Å². The Balaban J connectivity index is 1.64. The van der Waals surface area contributed by atoms with E-state index in [0.29, 0.717) is 55.4 Å². The highest BCUT2D eigenvalue weighted by Crippen LogP contribution is 2.28. The van der Waals surface area contributed by atoms with Gasteiger partial charge in [0.1, 0.15) is 6.07 Å². The molecule has 0 radical (unpaired) electrons. The summed E-state index contributed by atoms with van der Waals surface area (Å²) in [6.07, 6.45) is 1.82. The molecular weight excluding hydrogens is 366 g/mol. The van der Waals surface area contributed by atoms with E-state index in [-0.39, 0.29) is 11.8 Å². The Morgan fingerprint density at radius 1 is 1.26 bits per heavy atom. The largest absolute Gasteiger partial charge is 0.383 e. The van der Waals surface area contributed by atoms with Crippen LogP contribution in [0.1, 0.15) is 18.9 Å². The summed E-state index contributed by atoms with van der Waals surface area (Å²) in [6, 6.07) is 7.43. The van der Waals surface area contributed by atoms with Crippen LogP contribution in [0.5, 0.6) is 0 Å². The second-order valence-electron chi connectivity index (χ2n) is 6.38. The summed E-state index contributed by atoms with van der Waals surface area (Å²) in [5.74, 6) is 0.0663. The summed E-state index contributed by atoms with van der Waals surface area (Å²) in [5, 5.41) is 13.9. The molecule has 2 aromatic rings. The van der Waals surface area contributed by atoms with Crippen molar-refractivity contribution in [1.82, 2.24) is 14.8 Å². The third kappa shape index (κ3) is 4.29. The number of carbonyl (C=O) groups excluding carboxylic acids is 2. The van der Waals surface area contributed by atoms with Gasteiger partial charge in [-0.3, -0.25) is 14.6 Å². The van der Waals surface area contributed by atoms with E-state index in [4.69, 9.17) is 11.6 Å². The average molecular weight is 386 g/mol. The number of halogens is 1. The fourth-order valence-corrected chi connectivity index (χ4v) is 3.34. The van der Waals surface area contributed by atoms with Crippen molar-refractivity contribution in [3.05, 3.63) is 35.0 Å². The van der Waals surface area contributed by atoms with Crippen LogP contribution in [0.2, 0.25) is 5.02 Å². The Morgan fingerprint density at radius 2 is 1.96 bits per heavy atom. The number of hydrogen-bond acceptors (Lipinski definition) is 5. The summed E-state index contributed by atoms with van der Waals surface area (Å²) in [5.41, 5.74) is 1.78. The molecule has 1 aliphatic heterocycles. The molecule has 1 aliphatic rings. The van der Waals surface area contributed by atoms with Gasteiger partial charge in [0.25, 0.3) is 0 Å².